The maximum absolute atomic E-state index is 13.0. The van der Waals surface area contributed by atoms with E-state index in [2.05, 4.69) is 0 Å². The van der Waals surface area contributed by atoms with Gasteiger partial charge in [0.15, 0.2) is 84.3 Å². The number of thioether (sulfide) groups is 3. The predicted molar refractivity (Wildman–Crippen MR) is 221 cm³/mol. The predicted octanol–water partition coefficient (Wildman–Crippen LogP) is 9.67. The lowest BCUT2D eigenvalue weighted by Gasteiger charge is -2.28. The third-order valence-electron chi connectivity index (χ3n) is 9.50. The molecule has 0 saturated heterocycles. The number of carbonyl (C=O) groups excluding carboxylic acids is 3. The maximum Gasteiger partial charge on any atom is 0.246 e. The zero-order valence-electron chi connectivity index (χ0n) is 36.3. The summed E-state index contributed by atoms with van der Waals surface area (Å²) >= 11 is 2.73. The Bertz CT molecular complexity index is 2130. The van der Waals surface area contributed by atoms with Gasteiger partial charge in [0, 0.05) is 104 Å². The van der Waals surface area contributed by atoms with Crippen molar-refractivity contribution in [3.05, 3.63) is 22.6 Å². The van der Waals surface area contributed by atoms with Crippen LogP contribution in [-0.2, 0) is 14.4 Å². The summed E-state index contributed by atoms with van der Waals surface area (Å²) in [5.41, 5.74) is 0.764. The van der Waals surface area contributed by atoms with Crippen molar-refractivity contribution < 1.29 is 71.2 Å². The van der Waals surface area contributed by atoms with Gasteiger partial charge in [-0.15, -0.1) is 0 Å². The summed E-state index contributed by atoms with van der Waals surface area (Å²) < 4.78 is 80.0. The number of hydrogen-bond acceptors (Lipinski definition) is 18. The van der Waals surface area contributed by atoms with Crippen LogP contribution in [0.2, 0.25) is 0 Å². The molecular formula is C43H45O15S3. The van der Waals surface area contributed by atoms with E-state index in [1.54, 1.807) is 83.1 Å². The van der Waals surface area contributed by atoms with Crippen LogP contribution in [0.5, 0.6) is 69.0 Å². The minimum atomic E-state index is -1.27. The molecule has 6 aliphatic rings. The molecule has 0 atom stereocenters. The first-order valence-corrected chi connectivity index (χ1v) is 21.9. The molecule has 6 heterocycles. The van der Waals surface area contributed by atoms with Crippen molar-refractivity contribution in [2.75, 3.05) is 0 Å². The van der Waals surface area contributed by atoms with Crippen molar-refractivity contribution in [2.24, 2.45) is 0 Å². The molecule has 6 aliphatic heterocycles. The standard InChI is InChI=1S/C43H45O15S3/c1-16(44)59-35-29-23(47-38(4,5)53-29)20(24-30(35)54-39(6,7)48-24)19(21-25-31(55-40(8,9)49-25)36(60-17(2)45)32-26(21)50-41(10,11)56-32)22-27-33(57-42(12,13)51-27)37(61-18(3)46)34-28(22)52-43(14,15)58-34/h1-15H3. The van der Waals surface area contributed by atoms with E-state index in [1.807, 2.05) is 0 Å². The van der Waals surface area contributed by atoms with Gasteiger partial charge in [-0.2, -0.15) is 0 Å². The summed E-state index contributed by atoms with van der Waals surface area (Å²) in [5.74, 6) is -5.13. The third-order valence-corrected chi connectivity index (χ3v) is 12.1. The van der Waals surface area contributed by atoms with Crippen molar-refractivity contribution in [1.82, 2.24) is 0 Å². The number of hydrogen-bond donors (Lipinski definition) is 0. The third kappa shape index (κ3) is 6.87. The Morgan fingerprint density at radius 1 is 0.295 bits per heavy atom. The second-order valence-corrected chi connectivity index (χ2v) is 21.4. The van der Waals surface area contributed by atoms with Gasteiger partial charge in [0.25, 0.3) is 0 Å². The fraction of sp³-hybridized carbons (Fsp3) is 0.488. The monoisotopic (exact) mass is 897 g/mol. The van der Waals surface area contributed by atoms with E-state index in [0.29, 0.717) is 14.7 Å². The van der Waals surface area contributed by atoms with E-state index in [-0.39, 0.29) is 107 Å². The topological polar surface area (TPSA) is 162 Å². The Labute approximate surface area is 365 Å². The Kier molecular flexibility index (Phi) is 8.84. The highest BCUT2D eigenvalue weighted by Gasteiger charge is 2.56. The van der Waals surface area contributed by atoms with Gasteiger partial charge >= 0.3 is 0 Å². The molecule has 15 nitrogen and oxygen atoms in total. The molecule has 3 aromatic rings. The number of carbonyl (C=O) groups is 3. The first-order valence-electron chi connectivity index (χ1n) is 19.5. The second-order valence-electron chi connectivity index (χ2n) is 17.8. The molecule has 9 rings (SSSR count). The van der Waals surface area contributed by atoms with Crippen LogP contribution in [0.3, 0.4) is 0 Å². The Hall–Kier alpha value is -4.68. The van der Waals surface area contributed by atoms with Gasteiger partial charge in [0.1, 0.15) is 14.7 Å². The van der Waals surface area contributed by atoms with Crippen LogP contribution in [0.1, 0.15) is 121 Å². The highest BCUT2D eigenvalue weighted by molar-refractivity contribution is 8.14. The zero-order valence-corrected chi connectivity index (χ0v) is 38.8. The maximum atomic E-state index is 13.0. The van der Waals surface area contributed by atoms with E-state index in [0.717, 1.165) is 35.3 Å². The van der Waals surface area contributed by atoms with Gasteiger partial charge in [-0.05, 0) is 35.3 Å². The Morgan fingerprint density at radius 3 is 0.590 bits per heavy atom. The molecule has 325 valence electrons. The molecule has 61 heavy (non-hydrogen) atoms. The van der Waals surface area contributed by atoms with Crippen LogP contribution >= 0.6 is 35.3 Å². The molecule has 0 saturated carbocycles. The number of benzene rings is 3. The number of rotatable bonds is 6. The van der Waals surface area contributed by atoms with Crippen molar-refractivity contribution in [3.8, 4) is 69.0 Å². The van der Waals surface area contributed by atoms with E-state index < -0.39 is 34.7 Å². The largest absolute Gasteiger partial charge is 0.449 e. The first-order chi connectivity index (χ1) is 28.1. The van der Waals surface area contributed by atoms with Gasteiger partial charge < -0.3 is 56.8 Å². The molecule has 0 N–H and O–H groups in total. The molecule has 0 amide bonds. The summed E-state index contributed by atoms with van der Waals surface area (Å²) in [6, 6.07) is 0. The summed E-state index contributed by atoms with van der Waals surface area (Å²) in [6.45, 7) is 25.1. The number of ether oxygens (including phenoxy) is 12. The van der Waals surface area contributed by atoms with Gasteiger partial charge in [0.05, 0.1) is 22.6 Å². The summed E-state index contributed by atoms with van der Waals surface area (Å²) in [5, 5.41) is -0.729. The highest BCUT2D eigenvalue weighted by atomic mass is 32.2. The molecule has 0 aliphatic carbocycles. The molecule has 18 heteroatoms. The first kappa shape index (κ1) is 41.7. The zero-order chi connectivity index (χ0) is 44.3. The van der Waals surface area contributed by atoms with E-state index in [9.17, 15) is 14.4 Å². The van der Waals surface area contributed by atoms with Crippen molar-refractivity contribution in [3.63, 3.8) is 0 Å². The smallest absolute Gasteiger partial charge is 0.246 e. The number of fused-ring (bicyclic) bond motifs is 6. The molecule has 0 fully saturated rings. The van der Waals surface area contributed by atoms with Crippen LogP contribution in [0.15, 0.2) is 14.7 Å². The average Bonchev–Trinajstić information content (AvgIpc) is 3.90. The molecule has 0 spiro atoms. The lowest BCUT2D eigenvalue weighted by molar-refractivity contribution is -0.110. The van der Waals surface area contributed by atoms with E-state index >= 15 is 0 Å². The fourth-order valence-electron chi connectivity index (χ4n) is 7.90. The van der Waals surface area contributed by atoms with Crippen LogP contribution in [-0.4, -0.2) is 50.1 Å². The highest BCUT2D eigenvalue weighted by Crippen LogP contribution is 2.71. The van der Waals surface area contributed by atoms with Gasteiger partial charge in [-0.25, -0.2) is 0 Å². The molecule has 1 radical (unpaired) electrons. The van der Waals surface area contributed by atoms with Crippen LogP contribution in [0.4, 0.5) is 0 Å². The molecule has 0 aromatic heterocycles. The Morgan fingerprint density at radius 2 is 0.443 bits per heavy atom. The molecule has 0 unspecified atom stereocenters. The summed E-state index contributed by atoms with van der Waals surface area (Å²) in [6.07, 6.45) is 0. The van der Waals surface area contributed by atoms with Crippen LogP contribution in [0, 0.1) is 5.92 Å². The van der Waals surface area contributed by atoms with Gasteiger partial charge in [-0.1, -0.05) is 0 Å². The summed E-state index contributed by atoms with van der Waals surface area (Å²) in [4.78, 5) is 39.9. The van der Waals surface area contributed by atoms with Crippen molar-refractivity contribution in [2.45, 2.75) is 153 Å². The minimum absolute atomic E-state index is 0.172. The van der Waals surface area contributed by atoms with Crippen molar-refractivity contribution >= 4 is 50.6 Å². The van der Waals surface area contributed by atoms with Crippen LogP contribution in [0.25, 0.3) is 0 Å². The van der Waals surface area contributed by atoms with E-state index in [1.165, 1.54) is 20.8 Å². The van der Waals surface area contributed by atoms with Gasteiger partial charge in [0.2, 0.25) is 34.7 Å². The second kappa shape index (κ2) is 12.9. The lowest BCUT2D eigenvalue weighted by atomic mass is 9.81. The van der Waals surface area contributed by atoms with Crippen LogP contribution < -0.4 is 56.8 Å². The minimum Gasteiger partial charge on any atom is -0.449 e. The molecular weight excluding hydrogens is 853 g/mol. The normalized spacial score (nSPS) is 20.7. The molecule has 0 bridgehead atoms. The van der Waals surface area contributed by atoms with Gasteiger partial charge in [-0.3, -0.25) is 14.4 Å². The SMILES string of the molecule is CC(=O)Sc1c2c(c([C](c3c4c(c(SC(C)=O)c5c3OC(C)(C)O5)OC(C)(C)O4)c3c4c(c(SC(C)=O)c5c3OC(C)(C)O5)OC(C)(C)O4)c3c1OC(C)(C)O3)OC(C)(C)O2. The molecule has 3 aromatic carbocycles. The van der Waals surface area contributed by atoms with Crippen molar-refractivity contribution in [1.29, 1.82) is 0 Å². The quantitative estimate of drug-likeness (QED) is 0.170. The van der Waals surface area contributed by atoms with E-state index in [4.69, 9.17) is 56.8 Å². The lowest BCUT2D eigenvalue weighted by Crippen LogP contribution is -2.32. The Balaban J connectivity index is 1.51. The fourth-order valence-corrected chi connectivity index (χ4v) is 10.1. The summed E-state index contributed by atoms with van der Waals surface area (Å²) in [7, 11) is 0. The average molecular weight is 898 g/mol.